The number of methoxy groups -OCH3 is 4. The molecule has 0 radical (unpaired) electrons. The van der Waals surface area contributed by atoms with Gasteiger partial charge in [-0.15, -0.1) is 0 Å². The molecule has 0 amide bonds. The average molecular weight is 655 g/mol. The van der Waals surface area contributed by atoms with Gasteiger partial charge in [-0.2, -0.15) is 0 Å². The lowest BCUT2D eigenvalue weighted by atomic mass is 9.50. The molecular weight excluding hydrogens is 612 g/mol. The summed E-state index contributed by atoms with van der Waals surface area (Å²) >= 11 is 0. The highest BCUT2D eigenvalue weighted by Crippen LogP contribution is 2.66. The molecule has 4 aliphatic carbocycles. The van der Waals surface area contributed by atoms with Gasteiger partial charge in [0.1, 0.15) is 11.2 Å². The third-order valence-electron chi connectivity index (χ3n) is 13.3. The third-order valence-corrected chi connectivity index (χ3v) is 13.3. The van der Waals surface area contributed by atoms with Crippen molar-refractivity contribution in [1.29, 1.82) is 0 Å². The molecule has 48 heavy (non-hydrogen) atoms. The predicted octanol–water partition coefficient (Wildman–Crippen LogP) is 2.96. The number of likely N-dealkylation sites (N-methyl/N-ethyl adjacent to an activating group) is 2. The minimum atomic E-state index is -0.539. The van der Waals surface area contributed by atoms with Gasteiger partial charge in [0, 0.05) is 37.4 Å². The maximum atomic E-state index is 12.7. The maximum absolute atomic E-state index is 12.7. The topological polar surface area (TPSA) is 96.0 Å². The number of ketones is 2. The van der Waals surface area contributed by atoms with E-state index in [0.29, 0.717) is 11.5 Å². The number of carbonyl (C=O) groups is 2. The zero-order valence-electron chi connectivity index (χ0n) is 28.3. The van der Waals surface area contributed by atoms with Gasteiger partial charge >= 0.3 is 0 Å². The largest absolute Gasteiger partial charge is 0.493 e. The zero-order valence-corrected chi connectivity index (χ0v) is 28.3. The quantitative estimate of drug-likeness (QED) is 0.490. The highest BCUT2D eigenvalue weighted by molar-refractivity contribution is 6.00. The summed E-state index contributed by atoms with van der Waals surface area (Å²) in [6, 6.07) is 8.54. The van der Waals surface area contributed by atoms with E-state index in [0.717, 1.165) is 61.4 Å². The van der Waals surface area contributed by atoms with E-state index in [4.69, 9.17) is 28.4 Å². The van der Waals surface area contributed by atoms with Crippen LogP contribution in [0.4, 0.5) is 0 Å². The first-order valence-corrected chi connectivity index (χ1v) is 16.9. The summed E-state index contributed by atoms with van der Waals surface area (Å²) in [5, 5.41) is 0. The first kappa shape index (κ1) is 30.4. The number of carbonyl (C=O) groups excluding carboxylic acids is 2. The number of likely N-dealkylation sites (tertiary alicyclic amines) is 2. The summed E-state index contributed by atoms with van der Waals surface area (Å²) in [6.45, 7) is 1.85. The van der Waals surface area contributed by atoms with Crippen LogP contribution in [0, 0.1) is 0 Å². The number of hydrogen-bond acceptors (Lipinski definition) is 10. The molecule has 4 heterocycles. The van der Waals surface area contributed by atoms with Crippen LogP contribution < -0.4 is 18.9 Å². The van der Waals surface area contributed by atoms with E-state index in [2.05, 4.69) is 36.0 Å². The number of ether oxygens (including phenoxy) is 6. The Morgan fingerprint density at radius 1 is 0.667 bits per heavy atom. The average Bonchev–Trinajstić information content (AvgIpc) is 3.65. The van der Waals surface area contributed by atoms with Gasteiger partial charge in [0.05, 0.1) is 25.0 Å². The van der Waals surface area contributed by atoms with Gasteiger partial charge in [0.25, 0.3) is 0 Å². The molecule has 252 valence electrons. The molecule has 10 heteroatoms. The number of hydrogen-bond donors (Lipinski definition) is 0. The van der Waals surface area contributed by atoms with E-state index >= 15 is 0 Å². The van der Waals surface area contributed by atoms with Crippen molar-refractivity contribution in [1.82, 2.24) is 9.80 Å². The van der Waals surface area contributed by atoms with Crippen LogP contribution in [0.3, 0.4) is 0 Å². The molecule has 8 atom stereocenters. The Morgan fingerprint density at radius 3 is 1.46 bits per heavy atom. The number of nitrogens with zero attached hydrogens (tertiary/aromatic N) is 2. The van der Waals surface area contributed by atoms with Gasteiger partial charge in [-0.3, -0.25) is 19.4 Å². The van der Waals surface area contributed by atoms with Crippen LogP contribution in [0.5, 0.6) is 23.0 Å². The Bertz CT molecular complexity index is 1710. The van der Waals surface area contributed by atoms with Crippen LogP contribution in [0.25, 0.3) is 0 Å². The van der Waals surface area contributed by atoms with Crippen molar-refractivity contribution in [3.05, 3.63) is 70.8 Å². The van der Waals surface area contributed by atoms with E-state index in [1.807, 2.05) is 24.3 Å². The van der Waals surface area contributed by atoms with Gasteiger partial charge in [-0.1, -0.05) is 12.1 Å². The van der Waals surface area contributed by atoms with Gasteiger partial charge in [0.2, 0.25) is 0 Å². The monoisotopic (exact) mass is 654 g/mol. The van der Waals surface area contributed by atoms with Crippen molar-refractivity contribution >= 4 is 11.6 Å². The number of piperidine rings is 2. The molecule has 10 rings (SSSR count). The SMILES string of the molecule is COc1ccc2c3c1OC1C(=O)C=C[C@@]4(OC)[C@@H](C2)N(C)CC[C@]314.COc1ccc2c3c1O[C@H]1C(=O)C=C[C@@]4(OC)[C@@H](C2)N(C)CC[C@]314. The van der Waals surface area contributed by atoms with Crippen LogP contribution in [0.2, 0.25) is 0 Å². The summed E-state index contributed by atoms with van der Waals surface area (Å²) in [5.74, 6) is 2.93. The van der Waals surface area contributed by atoms with E-state index in [1.165, 1.54) is 11.1 Å². The number of rotatable bonds is 4. The molecule has 2 fully saturated rings. The zero-order chi connectivity index (χ0) is 33.4. The van der Waals surface area contributed by atoms with E-state index in [9.17, 15) is 9.59 Å². The minimum absolute atomic E-state index is 0.0251. The molecule has 0 saturated carbocycles. The maximum Gasteiger partial charge on any atom is 0.196 e. The second-order valence-electron chi connectivity index (χ2n) is 14.6. The molecule has 2 spiro atoms. The fourth-order valence-electron chi connectivity index (χ4n) is 11.3. The lowest BCUT2D eigenvalue weighted by Crippen LogP contribution is -2.75. The minimum Gasteiger partial charge on any atom is -0.493 e. The molecule has 2 aromatic rings. The van der Waals surface area contributed by atoms with Crippen LogP contribution in [0.1, 0.15) is 35.1 Å². The Balaban J connectivity index is 0.000000131. The summed E-state index contributed by atoms with van der Waals surface area (Å²) < 4.78 is 35.9. The van der Waals surface area contributed by atoms with Crippen LogP contribution in [0.15, 0.2) is 48.6 Å². The van der Waals surface area contributed by atoms with Crippen LogP contribution >= 0.6 is 0 Å². The Labute approximate surface area is 280 Å². The van der Waals surface area contributed by atoms with E-state index < -0.39 is 34.2 Å². The highest BCUT2D eigenvalue weighted by Gasteiger charge is 2.74. The molecule has 1 unspecified atom stereocenters. The Hall–Kier alpha value is -3.70. The second kappa shape index (κ2) is 9.94. The van der Waals surface area contributed by atoms with Crippen molar-refractivity contribution in [3.8, 4) is 23.0 Å². The summed E-state index contributed by atoms with van der Waals surface area (Å²) in [4.78, 5) is 30.2. The second-order valence-corrected chi connectivity index (χ2v) is 14.6. The third kappa shape index (κ3) is 3.19. The van der Waals surface area contributed by atoms with Gasteiger partial charge < -0.3 is 28.4 Å². The number of benzene rings is 2. The highest BCUT2D eigenvalue weighted by atomic mass is 16.5. The lowest BCUT2D eigenvalue weighted by molar-refractivity contribution is -0.162. The molecule has 0 aromatic heterocycles. The molecule has 2 saturated heterocycles. The van der Waals surface area contributed by atoms with Gasteiger partial charge in [-0.05, 0) is 100 Å². The fraction of sp³-hybridized carbons (Fsp3) is 0.526. The van der Waals surface area contributed by atoms with Gasteiger partial charge in [0.15, 0.2) is 46.8 Å². The summed E-state index contributed by atoms with van der Waals surface area (Å²) in [7, 11) is 11.1. The van der Waals surface area contributed by atoms with Gasteiger partial charge in [-0.25, -0.2) is 0 Å². The van der Waals surface area contributed by atoms with E-state index in [1.54, 1.807) is 40.6 Å². The first-order chi connectivity index (χ1) is 23.2. The molecule has 2 aromatic carbocycles. The molecule has 4 aliphatic heterocycles. The Morgan fingerprint density at radius 2 is 1.08 bits per heavy atom. The summed E-state index contributed by atoms with van der Waals surface area (Å²) in [5.41, 5.74) is 2.78. The molecular formula is C38H42N2O8. The molecule has 0 N–H and O–H groups in total. The first-order valence-electron chi connectivity index (χ1n) is 16.9. The molecule has 4 bridgehead atoms. The predicted molar refractivity (Wildman–Crippen MR) is 175 cm³/mol. The van der Waals surface area contributed by atoms with E-state index in [-0.39, 0.29) is 23.7 Å². The summed E-state index contributed by atoms with van der Waals surface area (Å²) in [6.07, 6.45) is 9.68. The van der Waals surface area contributed by atoms with Crippen molar-refractivity contribution in [3.63, 3.8) is 0 Å². The smallest absolute Gasteiger partial charge is 0.196 e. The fourth-order valence-corrected chi connectivity index (χ4v) is 11.3. The van der Waals surface area contributed by atoms with Crippen molar-refractivity contribution in [2.75, 3.05) is 55.6 Å². The lowest BCUT2D eigenvalue weighted by Gasteiger charge is -2.61. The van der Waals surface area contributed by atoms with Crippen LogP contribution in [-0.2, 0) is 42.7 Å². The standard InChI is InChI=1S/2C19H21NO4/c2*1-20-9-8-18-15-11-4-5-13(22-2)16(15)24-17(18)12(21)6-7-19(18,23-3)14(20)10-11/h2*4-7,14,17H,8-10H2,1-3H3/t14-,17?,18+,19-;14-,17+,18+,19-/m11/s1. The van der Waals surface area contributed by atoms with Crippen molar-refractivity contribution in [2.24, 2.45) is 0 Å². The van der Waals surface area contributed by atoms with Crippen molar-refractivity contribution < 1.29 is 38.0 Å². The molecule has 8 aliphatic rings. The van der Waals surface area contributed by atoms with Crippen LogP contribution in [-0.4, -0.2) is 112 Å². The van der Waals surface area contributed by atoms with Crippen molar-refractivity contribution in [2.45, 2.75) is 72.0 Å². The molecule has 10 nitrogen and oxygen atoms in total. The Kier molecular flexibility index (Phi) is 6.29. The normalized spacial score (nSPS) is 38.7.